The summed E-state index contributed by atoms with van der Waals surface area (Å²) in [5, 5.41) is 2.58. The van der Waals surface area contributed by atoms with Crippen LogP contribution in [0.5, 0.6) is 0 Å². The minimum Gasteiger partial charge on any atom is -0.349 e. The number of hydrogen-bond acceptors (Lipinski definition) is 1. The molecule has 1 N–H and O–H groups in total. The van der Waals surface area contributed by atoms with E-state index >= 15 is 0 Å². The second kappa shape index (κ2) is 5.89. The topological polar surface area (TPSA) is 29.1 Å². The third kappa shape index (κ3) is 4.77. The molecule has 100 valence electrons. The second-order valence-electron chi connectivity index (χ2n) is 4.36. The molecule has 1 aromatic carbocycles. The van der Waals surface area contributed by atoms with Gasteiger partial charge in [-0.2, -0.15) is 13.2 Å². The van der Waals surface area contributed by atoms with Crippen molar-refractivity contribution in [1.82, 2.24) is 5.32 Å². The van der Waals surface area contributed by atoms with E-state index in [1.807, 2.05) is 30.3 Å². The van der Waals surface area contributed by atoms with Gasteiger partial charge in [-0.05, 0) is 12.5 Å². The van der Waals surface area contributed by atoms with Crippen LogP contribution in [-0.4, -0.2) is 12.1 Å². The van der Waals surface area contributed by atoms with Crippen LogP contribution in [0.15, 0.2) is 30.3 Å². The Kier molecular flexibility index (Phi) is 4.76. The van der Waals surface area contributed by atoms with Gasteiger partial charge in [-0.1, -0.05) is 37.3 Å². The SMILES string of the molecule is C[C@@H](CC(F)(F)F)C(=O)N[C@H](C)c1ccccc1. The van der Waals surface area contributed by atoms with Gasteiger partial charge in [-0.25, -0.2) is 0 Å². The summed E-state index contributed by atoms with van der Waals surface area (Å²) < 4.78 is 36.4. The number of carbonyl (C=O) groups is 1. The van der Waals surface area contributed by atoms with Gasteiger partial charge in [0, 0.05) is 5.92 Å². The van der Waals surface area contributed by atoms with E-state index < -0.39 is 24.4 Å². The maximum Gasteiger partial charge on any atom is 0.389 e. The van der Waals surface area contributed by atoms with E-state index in [0.717, 1.165) is 5.56 Å². The summed E-state index contributed by atoms with van der Waals surface area (Å²) in [5.41, 5.74) is 0.866. The third-order valence-corrected chi connectivity index (χ3v) is 2.64. The number of carbonyl (C=O) groups excluding carboxylic acids is 1. The minimum absolute atomic E-state index is 0.297. The van der Waals surface area contributed by atoms with Gasteiger partial charge in [0.2, 0.25) is 5.91 Å². The van der Waals surface area contributed by atoms with E-state index in [1.54, 1.807) is 6.92 Å². The smallest absolute Gasteiger partial charge is 0.349 e. The van der Waals surface area contributed by atoms with Gasteiger partial charge in [0.25, 0.3) is 0 Å². The van der Waals surface area contributed by atoms with Gasteiger partial charge in [-0.3, -0.25) is 4.79 Å². The van der Waals surface area contributed by atoms with Crippen LogP contribution in [0.2, 0.25) is 0 Å². The molecule has 1 aromatic rings. The van der Waals surface area contributed by atoms with Gasteiger partial charge in [-0.15, -0.1) is 0 Å². The Labute approximate surface area is 104 Å². The molecule has 18 heavy (non-hydrogen) atoms. The van der Waals surface area contributed by atoms with E-state index in [0.29, 0.717) is 0 Å². The highest BCUT2D eigenvalue weighted by molar-refractivity contribution is 5.78. The van der Waals surface area contributed by atoms with Gasteiger partial charge in [0.05, 0.1) is 12.5 Å². The predicted octanol–water partition coefficient (Wildman–Crippen LogP) is 3.45. The fraction of sp³-hybridized carbons (Fsp3) is 0.462. The van der Waals surface area contributed by atoms with Gasteiger partial charge >= 0.3 is 6.18 Å². The molecule has 0 aliphatic carbocycles. The van der Waals surface area contributed by atoms with Crippen molar-refractivity contribution in [2.45, 2.75) is 32.5 Å². The molecule has 2 nitrogen and oxygen atoms in total. The number of amides is 1. The van der Waals surface area contributed by atoms with Gasteiger partial charge in [0.15, 0.2) is 0 Å². The summed E-state index contributed by atoms with van der Waals surface area (Å²) in [6.07, 6.45) is -5.41. The number of rotatable bonds is 4. The molecule has 0 fully saturated rings. The van der Waals surface area contributed by atoms with Crippen LogP contribution < -0.4 is 5.32 Å². The van der Waals surface area contributed by atoms with Crippen LogP contribution in [0.3, 0.4) is 0 Å². The summed E-state index contributed by atoms with van der Waals surface area (Å²) in [5.74, 6) is -1.65. The first-order valence-corrected chi connectivity index (χ1v) is 5.71. The summed E-state index contributed by atoms with van der Waals surface area (Å²) in [6.45, 7) is 3.02. The Morgan fingerprint density at radius 1 is 1.22 bits per heavy atom. The molecule has 5 heteroatoms. The van der Waals surface area contributed by atoms with Crippen LogP contribution in [0.1, 0.15) is 31.9 Å². The average molecular weight is 259 g/mol. The molecule has 0 radical (unpaired) electrons. The van der Waals surface area contributed by atoms with Crippen LogP contribution >= 0.6 is 0 Å². The van der Waals surface area contributed by atoms with Gasteiger partial charge < -0.3 is 5.32 Å². The molecule has 1 amide bonds. The Hall–Kier alpha value is -1.52. The summed E-state index contributed by atoms with van der Waals surface area (Å²) in [4.78, 5) is 11.6. The lowest BCUT2D eigenvalue weighted by Crippen LogP contribution is -2.33. The molecule has 0 aromatic heterocycles. The molecule has 0 saturated heterocycles. The third-order valence-electron chi connectivity index (χ3n) is 2.64. The highest BCUT2D eigenvalue weighted by Gasteiger charge is 2.33. The van der Waals surface area contributed by atoms with Crippen molar-refractivity contribution < 1.29 is 18.0 Å². The van der Waals surface area contributed by atoms with E-state index in [2.05, 4.69) is 5.32 Å². The van der Waals surface area contributed by atoms with Crippen LogP contribution in [0.25, 0.3) is 0 Å². The lowest BCUT2D eigenvalue weighted by Gasteiger charge is -2.18. The average Bonchev–Trinajstić information content (AvgIpc) is 2.27. The zero-order valence-corrected chi connectivity index (χ0v) is 10.3. The van der Waals surface area contributed by atoms with E-state index in [4.69, 9.17) is 0 Å². The second-order valence-corrected chi connectivity index (χ2v) is 4.36. The first kappa shape index (κ1) is 14.5. The number of nitrogens with one attached hydrogen (secondary N) is 1. The Balaban J connectivity index is 2.55. The maximum absolute atomic E-state index is 12.1. The zero-order chi connectivity index (χ0) is 13.8. The Morgan fingerprint density at radius 3 is 2.28 bits per heavy atom. The quantitative estimate of drug-likeness (QED) is 0.881. The molecule has 0 spiro atoms. The summed E-state index contributed by atoms with van der Waals surface area (Å²) in [6, 6.07) is 8.81. The zero-order valence-electron chi connectivity index (χ0n) is 10.3. The number of hydrogen-bond donors (Lipinski definition) is 1. The van der Waals surface area contributed by atoms with Crippen molar-refractivity contribution in [2.75, 3.05) is 0 Å². The molecule has 0 saturated carbocycles. The fourth-order valence-electron chi connectivity index (χ4n) is 1.62. The number of benzene rings is 1. The predicted molar refractivity (Wildman–Crippen MR) is 62.8 cm³/mol. The van der Waals surface area contributed by atoms with Crippen molar-refractivity contribution in [3.05, 3.63) is 35.9 Å². The van der Waals surface area contributed by atoms with Crippen molar-refractivity contribution >= 4 is 5.91 Å². The molecule has 1 rings (SSSR count). The molecular formula is C13H16F3NO. The summed E-state index contributed by atoms with van der Waals surface area (Å²) >= 11 is 0. The first-order valence-electron chi connectivity index (χ1n) is 5.71. The van der Waals surface area contributed by atoms with E-state index in [9.17, 15) is 18.0 Å². The number of halogens is 3. The Morgan fingerprint density at radius 2 is 1.78 bits per heavy atom. The van der Waals surface area contributed by atoms with Crippen LogP contribution in [0, 0.1) is 5.92 Å². The van der Waals surface area contributed by atoms with Crippen LogP contribution in [-0.2, 0) is 4.79 Å². The van der Waals surface area contributed by atoms with Crippen molar-refractivity contribution in [3.63, 3.8) is 0 Å². The molecule has 0 aliphatic rings. The molecule has 0 heterocycles. The first-order chi connectivity index (χ1) is 8.29. The molecule has 0 aliphatic heterocycles. The normalized spacial score (nSPS) is 14.9. The maximum atomic E-state index is 12.1. The minimum atomic E-state index is -4.31. The highest BCUT2D eigenvalue weighted by Crippen LogP contribution is 2.25. The molecular weight excluding hydrogens is 243 g/mol. The van der Waals surface area contributed by atoms with Crippen LogP contribution in [0.4, 0.5) is 13.2 Å². The Bertz CT molecular complexity index is 389. The van der Waals surface area contributed by atoms with Crippen molar-refractivity contribution in [1.29, 1.82) is 0 Å². The van der Waals surface area contributed by atoms with Crippen molar-refractivity contribution in [3.8, 4) is 0 Å². The summed E-state index contributed by atoms with van der Waals surface area (Å²) in [7, 11) is 0. The number of alkyl halides is 3. The van der Waals surface area contributed by atoms with Crippen molar-refractivity contribution in [2.24, 2.45) is 5.92 Å². The fourth-order valence-corrected chi connectivity index (χ4v) is 1.62. The monoisotopic (exact) mass is 259 g/mol. The lowest BCUT2D eigenvalue weighted by atomic mass is 10.0. The highest BCUT2D eigenvalue weighted by atomic mass is 19.4. The van der Waals surface area contributed by atoms with Gasteiger partial charge in [0.1, 0.15) is 0 Å². The standard InChI is InChI=1S/C13H16F3NO/c1-9(8-13(14,15)16)12(18)17-10(2)11-6-4-3-5-7-11/h3-7,9-10H,8H2,1-2H3,(H,17,18)/t9-,10+/m0/s1. The van der Waals surface area contributed by atoms with E-state index in [-0.39, 0.29) is 6.04 Å². The lowest BCUT2D eigenvalue weighted by molar-refractivity contribution is -0.153. The molecule has 2 atom stereocenters. The molecule has 0 unspecified atom stereocenters. The van der Waals surface area contributed by atoms with E-state index in [1.165, 1.54) is 6.92 Å². The molecule has 0 bridgehead atoms. The largest absolute Gasteiger partial charge is 0.389 e.